The second-order valence-electron chi connectivity index (χ2n) is 2.41. The SMILES string of the molecule is CCS(=O)(=O)O.CCS(=O)(=O)O.OCC#CCO. The van der Waals surface area contributed by atoms with Crippen LogP contribution in [0.4, 0.5) is 0 Å². The van der Waals surface area contributed by atoms with Gasteiger partial charge in [0.25, 0.3) is 20.2 Å². The third-order valence-electron chi connectivity index (χ3n) is 1.01. The van der Waals surface area contributed by atoms with E-state index in [1.165, 1.54) is 13.8 Å². The first-order valence-electron chi connectivity index (χ1n) is 4.61. The average molecular weight is 306 g/mol. The molecule has 0 aromatic rings. The Kier molecular flexibility index (Phi) is 15.9. The Morgan fingerprint density at radius 2 is 0.944 bits per heavy atom. The molecule has 8 nitrogen and oxygen atoms in total. The van der Waals surface area contributed by atoms with Crippen molar-refractivity contribution in [3.63, 3.8) is 0 Å². The second-order valence-corrected chi connectivity index (χ2v) is 5.89. The van der Waals surface area contributed by atoms with Crippen molar-refractivity contribution in [3.05, 3.63) is 0 Å². The topological polar surface area (TPSA) is 149 Å². The van der Waals surface area contributed by atoms with Crippen LogP contribution in [0.25, 0.3) is 0 Å². The van der Waals surface area contributed by atoms with Crippen molar-refractivity contribution in [3.8, 4) is 11.8 Å². The predicted molar refractivity (Wildman–Crippen MR) is 66.1 cm³/mol. The van der Waals surface area contributed by atoms with Gasteiger partial charge in [-0.1, -0.05) is 11.8 Å². The van der Waals surface area contributed by atoms with Gasteiger partial charge in [-0.2, -0.15) is 16.8 Å². The second kappa shape index (κ2) is 12.7. The summed E-state index contributed by atoms with van der Waals surface area (Å²) in [5.74, 6) is 4.10. The minimum atomic E-state index is -3.66. The molecular formula is C8H18O8S2. The van der Waals surface area contributed by atoms with Crippen LogP contribution in [0.2, 0.25) is 0 Å². The van der Waals surface area contributed by atoms with E-state index >= 15 is 0 Å². The van der Waals surface area contributed by atoms with Crippen LogP contribution in [0.15, 0.2) is 0 Å². The summed E-state index contributed by atoms with van der Waals surface area (Å²) in [7, 11) is -7.32. The molecule has 0 unspecified atom stereocenters. The Labute approximate surface area is 107 Å². The normalized spacial score (nSPS) is 9.89. The van der Waals surface area contributed by atoms with E-state index in [1.807, 2.05) is 0 Å². The first-order chi connectivity index (χ1) is 8.04. The Balaban J connectivity index is -0.000000187. The van der Waals surface area contributed by atoms with Gasteiger partial charge in [-0.15, -0.1) is 0 Å². The van der Waals surface area contributed by atoms with Crippen molar-refractivity contribution >= 4 is 20.2 Å². The molecule has 0 amide bonds. The molecule has 10 heteroatoms. The summed E-state index contributed by atoms with van der Waals surface area (Å²) in [5.41, 5.74) is 0. The maximum atomic E-state index is 9.56. The highest BCUT2D eigenvalue weighted by Crippen LogP contribution is 1.74. The van der Waals surface area contributed by atoms with Gasteiger partial charge in [-0.25, -0.2) is 0 Å². The monoisotopic (exact) mass is 306 g/mol. The van der Waals surface area contributed by atoms with Crippen molar-refractivity contribution in [1.29, 1.82) is 0 Å². The van der Waals surface area contributed by atoms with Gasteiger partial charge in [0.05, 0.1) is 11.5 Å². The van der Waals surface area contributed by atoms with E-state index in [2.05, 4.69) is 11.8 Å². The van der Waals surface area contributed by atoms with Crippen LogP contribution < -0.4 is 0 Å². The maximum Gasteiger partial charge on any atom is 0.264 e. The number of rotatable bonds is 2. The Morgan fingerprint density at radius 1 is 0.778 bits per heavy atom. The summed E-state index contributed by atoms with van der Waals surface area (Å²) < 4.78 is 53.8. The third kappa shape index (κ3) is 45.4. The molecule has 0 rings (SSSR count). The van der Waals surface area contributed by atoms with Gasteiger partial charge in [-0.05, 0) is 13.8 Å². The molecule has 0 spiro atoms. The van der Waals surface area contributed by atoms with E-state index in [-0.39, 0.29) is 24.7 Å². The lowest BCUT2D eigenvalue weighted by molar-refractivity contribution is 0.342. The summed E-state index contributed by atoms with van der Waals surface area (Å²) >= 11 is 0. The minimum absolute atomic E-state index is 0.166. The standard InChI is InChI=1S/C4H6O2.2C2H6O3S/c5-3-1-2-4-6;2*1-2-6(3,4)5/h5-6H,3-4H2;2*2H2,1H3,(H,3,4,5). The lowest BCUT2D eigenvalue weighted by Crippen LogP contribution is -1.97. The van der Waals surface area contributed by atoms with Crippen molar-refractivity contribution in [2.45, 2.75) is 13.8 Å². The lowest BCUT2D eigenvalue weighted by atomic mass is 10.6. The highest BCUT2D eigenvalue weighted by Gasteiger charge is 1.93. The molecule has 0 atom stereocenters. The molecule has 0 saturated heterocycles. The number of hydrogen-bond acceptors (Lipinski definition) is 6. The summed E-state index contributed by atoms with van der Waals surface area (Å²) in [4.78, 5) is 0. The Bertz CT molecular complexity index is 385. The molecule has 0 bridgehead atoms. The fourth-order valence-corrected chi connectivity index (χ4v) is 0.112. The predicted octanol–water partition coefficient (Wildman–Crippen LogP) is -1.24. The van der Waals surface area contributed by atoms with E-state index in [0.29, 0.717) is 0 Å². The number of aliphatic hydroxyl groups is 2. The zero-order valence-corrected chi connectivity index (χ0v) is 11.7. The highest BCUT2D eigenvalue weighted by molar-refractivity contribution is 7.85. The first-order valence-corrected chi connectivity index (χ1v) is 7.83. The summed E-state index contributed by atoms with van der Waals surface area (Å²) in [6.45, 7) is 2.41. The molecule has 0 aliphatic heterocycles. The van der Waals surface area contributed by atoms with Crippen LogP contribution >= 0.6 is 0 Å². The van der Waals surface area contributed by atoms with E-state index in [1.54, 1.807) is 0 Å². The van der Waals surface area contributed by atoms with Gasteiger partial charge >= 0.3 is 0 Å². The Hall–Kier alpha value is -0.700. The molecule has 0 aromatic heterocycles. The molecule has 0 radical (unpaired) electrons. The maximum absolute atomic E-state index is 9.56. The zero-order valence-electron chi connectivity index (χ0n) is 10.1. The van der Waals surface area contributed by atoms with Crippen LogP contribution in [0.3, 0.4) is 0 Å². The smallest absolute Gasteiger partial charge is 0.264 e. The molecule has 4 N–H and O–H groups in total. The first kappa shape index (κ1) is 22.5. The van der Waals surface area contributed by atoms with E-state index in [4.69, 9.17) is 19.3 Å². The quantitative estimate of drug-likeness (QED) is 0.365. The van der Waals surface area contributed by atoms with Gasteiger partial charge in [0.2, 0.25) is 0 Å². The Morgan fingerprint density at radius 3 is 1.00 bits per heavy atom. The molecule has 0 saturated carbocycles. The van der Waals surface area contributed by atoms with Gasteiger partial charge in [0, 0.05) is 0 Å². The summed E-state index contributed by atoms with van der Waals surface area (Å²) in [6.07, 6.45) is 0. The molecule has 0 aliphatic carbocycles. The van der Waals surface area contributed by atoms with Gasteiger partial charge in [0.15, 0.2) is 0 Å². The fraction of sp³-hybridized carbons (Fsp3) is 0.750. The summed E-state index contributed by atoms with van der Waals surface area (Å²) in [5, 5.41) is 15.8. The van der Waals surface area contributed by atoms with Crippen LogP contribution in [0.1, 0.15) is 13.8 Å². The van der Waals surface area contributed by atoms with Gasteiger partial charge < -0.3 is 10.2 Å². The van der Waals surface area contributed by atoms with Crippen LogP contribution in [0.5, 0.6) is 0 Å². The average Bonchev–Trinajstić information content (AvgIpc) is 2.26. The van der Waals surface area contributed by atoms with Crippen molar-refractivity contribution < 1.29 is 36.2 Å². The summed E-state index contributed by atoms with van der Waals surface area (Å²) in [6, 6.07) is 0. The minimum Gasteiger partial charge on any atom is -0.384 e. The van der Waals surface area contributed by atoms with Crippen molar-refractivity contribution in [2.24, 2.45) is 0 Å². The van der Waals surface area contributed by atoms with E-state index in [0.717, 1.165) is 0 Å². The van der Waals surface area contributed by atoms with Crippen LogP contribution in [-0.2, 0) is 20.2 Å². The van der Waals surface area contributed by atoms with Gasteiger partial charge in [0.1, 0.15) is 13.2 Å². The molecule has 0 aliphatic rings. The van der Waals surface area contributed by atoms with Crippen molar-refractivity contribution in [1.82, 2.24) is 0 Å². The van der Waals surface area contributed by atoms with Gasteiger partial charge in [-0.3, -0.25) is 9.11 Å². The largest absolute Gasteiger partial charge is 0.384 e. The molecule has 0 fully saturated rings. The number of hydrogen-bond donors (Lipinski definition) is 4. The lowest BCUT2D eigenvalue weighted by Gasteiger charge is -1.79. The third-order valence-corrected chi connectivity index (χ3v) is 2.47. The molecule has 0 aromatic carbocycles. The van der Waals surface area contributed by atoms with E-state index in [9.17, 15) is 16.8 Å². The fourth-order valence-electron chi connectivity index (χ4n) is 0.112. The van der Waals surface area contributed by atoms with Crippen LogP contribution in [0, 0.1) is 11.8 Å². The molecule has 18 heavy (non-hydrogen) atoms. The number of aliphatic hydroxyl groups excluding tert-OH is 2. The van der Waals surface area contributed by atoms with E-state index < -0.39 is 20.2 Å². The highest BCUT2D eigenvalue weighted by atomic mass is 32.2. The molecular weight excluding hydrogens is 288 g/mol. The van der Waals surface area contributed by atoms with Crippen LogP contribution in [-0.4, -0.2) is 60.9 Å². The zero-order chi connectivity index (χ0) is 15.2. The van der Waals surface area contributed by atoms with Crippen molar-refractivity contribution in [2.75, 3.05) is 24.7 Å². The molecule has 110 valence electrons. The molecule has 0 heterocycles.